The summed E-state index contributed by atoms with van der Waals surface area (Å²) in [6.07, 6.45) is 2.45. The summed E-state index contributed by atoms with van der Waals surface area (Å²) in [4.78, 5) is 16.4. The number of aromatic nitrogens is 2. The van der Waals surface area contributed by atoms with Crippen LogP contribution >= 0.6 is 0 Å². The van der Waals surface area contributed by atoms with Crippen molar-refractivity contribution in [2.45, 2.75) is 11.8 Å². The topological polar surface area (TPSA) is 78.3 Å². The van der Waals surface area contributed by atoms with Crippen molar-refractivity contribution in [1.29, 1.82) is 0 Å². The minimum Gasteiger partial charge on any atom is -0.456 e. The van der Waals surface area contributed by atoms with Crippen LogP contribution in [0.3, 0.4) is 0 Å². The third-order valence-corrected chi connectivity index (χ3v) is 6.02. The second kappa shape index (κ2) is 7.34. The van der Waals surface area contributed by atoms with Gasteiger partial charge in [-0.3, -0.25) is 4.79 Å². The Balaban J connectivity index is 1.94. The molecule has 4 aromatic rings. The molecular formula is C21H14F2N2O4S. The fraction of sp³-hybridized carbons (Fsp3) is 0.0476. The molecule has 0 aliphatic heterocycles. The van der Waals surface area contributed by atoms with Gasteiger partial charge in [0.2, 0.25) is 0 Å². The van der Waals surface area contributed by atoms with E-state index in [2.05, 4.69) is 4.98 Å². The maximum absolute atomic E-state index is 13.5. The lowest BCUT2D eigenvalue weighted by Gasteiger charge is -2.09. The van der Waals surface area contributed by atoms with Gasteiger partial charge in [-0.1, -0.05) is 18.2 Å². The lowest BCUT2D eigenvalue weighted by molar-refractivity contribution is 0.101. The van der Waals surface area contributed by atoms with Crippen molar-refractivity contribution in [3.8, 4) is 11.5 Å². The summed E-state index contributed by atoms with van der Waals surface area (Å²) in [5.41, 5.74) is 0.00269. The zero-order chi connectivity index (χ0) is 21.5. The molecule has 4 rings (SSSR count). The standard InChI is InChI=1S/C21H14F2N2O4S/c1-13(26)18-12-25(30(27,28)17-5-3-2-4-6-17)21-20(18)19(7-8-24-21)29-16-10-14(22)9-15(23)11-16/h2-12H,1H3. The number of nitrogens with zero attached hydrogens (tertiary/aromatic N) is 2. The number of rotatable bonds is 5. The first-order valence-electron chi connectivity index (χ1n) is 8.73. The van der Waals surface area contributed by atoms with Gasteiger partial charge in [0.25, 0.3) is 10.0 Å². The fourth-order valence-electron chi connectivity index (χ4n) is 3.05. The van der Waals surface area contributed by atoms with Crippen molar-refractivity contribution in [2.75, 3.05) is 0 Å². The van der Waals surface area contributed by atoms with Gasteiger partial charge in [0.1, 0.15) is 23.1 Å². The molecule has 152 valence electrons. The number of halogens is 2. The molecule has 0 amide bonds. The van der Waals surface area contributed by atoms with E-state index >= 15 is 0 Å². The van der Waals surface area contributed by atoms with Gasteiger partial charge in [-0.15, -0.1) is 0 Å². The van der Waals surface area contributed by atoms with E-state index in [1.165, 1.54) is 37.5 Å². The molecule has 6 nitrogen and oxygen atoms in total. The predicted molar refractivity (Wildman–Crippen MR) is 105 cm³/mol. The normalized spacial score (nSPS) is 11.6. The van der Waals surface area contributed by atoms with E-state index < -0.39 is 27.4 Å². The Morgan fingerprint density at radius 1 is 1.03 bits per heavy atom. The number of hydrogen-bond donors (Lipinski definition) is 0. The van der Waals surface area contributed by atoms with Crippen LogP contribution in [0.5, 0.6) is 11.5 Å². The van der Waals surface area contributed by atoms with Crippen LogP contribution < -0.4 is 4.74 Å². The molecule has 0 radical (unpaired) electrons. The highest BCUT2D eigenvalue weighted by Gasteiger charge is 2.25. The van der Waals surface area contributed by atoms with E-state index in [0.29, 0.717) is 6.07 Å². The Hall–Kier alpha value is -3.59. The second-order valence-corrected chi connectivity index (χ2v) is 8.24. The third-order valence-electron chi connectivity index (χ3n) is 4.36. The molecule has 0 aliphatic carbocycles. The van der Waals surface area contributed by atoms with Crippen molar-refractivity contribution >= 4 is 26.8 Å². The number of fused-ring (bicyclic) bond motifs is 1. The molecule has 30 heavy (non-hydrogen) atoms. The molecule has 2 aromatic heterocycles. The molecule has 2 heterocycles. The SMILES string of the molecule is CC(=O)c1cn(S(=O)(=O)c2ccccc2)c2nccc(Oc3cc(F)cc(F)c3)c12. The van der Waals surface area contributed by atoms with Crippen LogP contribution in [0.15, 0.2) is 71.9 Å². The van der Waals surface area contributed by atoms with E-state index in [9.17, 15) is 22.0 Å². The van der Waals surface area contributed by atoms with Crippen LogP contribution in [0, 0.1) is 11.6 Å². The number of ether oxygens (including phenoxy) is 1. The van der Waals surface area contributed by atoms with Crippen LogP contribution in [0.2, 0.25) is 0 Å². The number of Topliss-reactive ketones (excluding diaryl/α,β-unsaturated/α-hetero) is 1. The van der Waals surface area contributed by atoms with Gasteiger partial charge in [0, 0.05) is 36.2 Å². The average molecular weight is 428 g/mol. The Morgan fingerprint density at radius 2 is 1.70 bits per heavy atom. The molecule has 0 aliphatic rings. The zero-order valence-electron chi connectivity index (χ0n) is 15.5. The zero-order valence-corrected chi connectivity index (χ0v) is 16.4. The monoisotopic (exact) mass is 428 g/mol. The van der Waals surface area contributed by atoms with E-state index in [-0.39, 0.29) is 33.0 Å². The molecule has 0 N–H and O–H groups in total. The molecule has 2 aromatic carbocycles. The van der Waals surface area contributed by atoms with Crippen LogP contribution in [0.25, 0.3) is 11.0 Å². The molecule has 0 fully saturated rings. The van der Waals surface area contributed by atoms with Gasteiger partial charge in [-0.05, 0) is 25.1 Å². The molecule has 0 unspecified atom stereocenters. The first kappa shape index (κ1) is 19.7. The minimum atomic E-state index is -4.05. The average Bonchev–Trinajstić information content (AvgIpc) is 3.10. The van der Waals surface area contributed by atoms with E-state index in [1.54, 1.807) is 18.2 Å². The van der Waals surface area contributed by atoms with Crippen molar-refractivity contribution in [2.24, 2.45) is 0 Å². The summed E-state index contributed by atoms with van der Waals surface area (Å²) in [5, 5.41) is 0.120. The summed E-state index contributed by atoms with van der Waals surface area (Å²) in [5.74, 6) is -2.21. The predicted octanol–water partition coefficient (Wildman–Crippen LogP) is 4.55. The first-order chi connectivity index (χ1) is 14.3. The van der Waals surface area contributed by atoms with Crippen molar-refractivity contribution in [1.82, 2.24) is 8.96 Å². The lowest BCUT2D eigenvalue weighted by atomic mass is 10.1. The smallest absolute Gasteiger partial charge is 0.269 e. The number of carbonyl (C=O) groups excluding carboxylic acids is 1. The van der Waals surface area contributed by atoms with E-state index in [4.69, 9.17) is 4.74 Å². The number of benzene rings is 2. The van der Waals surface area contributed by atoms with Crippen LogP contribution in [-0.4, -0.2) is 23.2 Å². The van der Waals surface area contributed by atoms with Gasteiger partial charge in [0.15, 0.2) is 11.4 Å². The highest BCUT2D eigenvalue weighted by molar-refractivity contribution is 7.90. The molecule has 0 saturated heterocycles. The summed E-state index contributed by atoms with van der Waals surface area (Å²) in [6, 6.07) is 11.7. The van der Waals surface area contributed by atoms with Crippen LogP contribution in [0.1, 0.15) is 17.3 Å². The molecule has 0 spiro atoms. The first-order valence-corrected chi connectivity index (χ1v) is 10.2. The summed E-state index contributed by atoms with van der Waals surface area (Å²) in [7, 11) is -4.05. The van der Waals surface area contributed by atoms with Gasteiger partial charge in [-0.25, -0.2) is 26.2 Å². The van der Waals surface area contributed by atoms with Gasteiger partial charge in [-0.2, -0.15) is 0 Å². The van der Waals surface area contributed by atoms with Gasteiger partial charge < -0.3 is 4.74 Å². The molecule has 0 bridgehead atoms. The Labute approximate surface area is 170 Å². The van der Waals surface area contributed by atoms with Crippen molar-refractivity contribution in [3.63, 3.8) is 0 Å². The number of pyridine rings is 1. The number of hydrogen-bond acceptors (Lipinski definition) is 5. The Kier molecular flexibility index (Phi) is 4.83. The van der Waals surface area contributed by atoms with Gasteiger partial charge >= 0.3 is 0 Å². The quantitative estimate of drug-likeness (QED) is 0.436. The molecule has 0 saturated carbocycles. The second-order valence-electron chi connectivity index (χ2n) is 6.43. The Morgan fingerprint density at radius 3 is 2.33 bits per heavy atom. The van der Waals surface area contributed by atoms with Crippen molar-refractivity contribution in [3.05, 3.63) is 84.2 Å². The lowest BCUT2D eigenvalue weighted by Crippen LogP contribution is -2.12. The number of ketones is 1. The fourth-order valence-corrected chi connectivity index (χ4v) is 4.39. The van der Waals surface area contributed by atoms with Gasteiger partial charge in [0.05, 0.1) is 10.3 Å². The van der Waals surface area contributed by atoms with Crippen LogP contribution in [-0.2, 0) is 10.0 Å². The maximum Gasteiger partial charge on any atom is 0.269 e. The minimum absolute atomic E-state index is 0.0114. The summed E-state index contributed by atoms with van der Waals surface area (Å²) >= 11 is 0. The highest BCUT2D eigenvalue weighted by atomic mass is 32.2. The molecule has 9 heteroatoms. The molecular weight excluding hydrogens is 414 g/mol. The largest absolute Gasteiger partial charge is 0.456 e. The maximum atomic E-state index is 13.5. The van der Waals surface area contributed by atoms with E-state index in [1.807, 2.05) is 0 Å². The van der Waals surface area contributed by atoms with E-state index in [0.717, 1.165) is 16.1 Å². The Bertz CT molecular complexity index is 1360. The number of carbonyl (C=O) groups is 1. The highest BCUT2D eigenvalue weighted by Crippen LogP contribution is 2.35. The summed E-state index contributed by atoms with van der Waals surface area (Å²) < 4.78 is 59.8. The third kappa shape index (κ3) is 3.43. The molecule has 0 atom stereocenters. The van der Waals surface area contributed by atoms with Crippen molar-refractivity contribution < 1.29 is 26.7 Å². The van der Waals surface area contributed by atoms with Crippen LogP contribution in [0.4, 0.5) is 8.78 Å². The summed E-state index contributed by atoms with van der Waals surface area (Å²) in [6.45, 7) is 1.27.